The summed E-state index contributed by atoms with van der Waals surface area (Å²) in [6, 6.07) is 11.7. The van der Waals surface area contributed by atoms with Gasteiger partial charge in [-0.25, -0.2) is 23.1 Å². The van der Waals surface area contributed by atoms with Crippen LogP contribution in [0, 0.1) is 0 Å². The van der Waals surface area contributed by atoms with Crippen molar-refractivity contribution in [3.8, 4) is 22.8 Å². The normalized spacial score (nSPS) is 17.2. The lowest BCUT2D eigenvalue weighted by Crippen LogP contribution is -2.46. The van der Waals surface area contributed by atoms with Gasteiger partial charge in [0.05, 0.1) is 16.8 Å². The van der Waals surface area contributed by atoms with Crippen molar-refractivity contribution in [2.75, 3.05) is 32.0 Å². The van der Waals surface area contributed by atoms with E-state index in [2.05, 4.69) is 25.3 Å². The van der Waals surface area contributed by atoms with E-state index in [0.29, 0.717) is 48.1 Å². The van der Waals surface area contributed by atoms with Crippen LogP contribution in [0.5, 0.6) is 11.5 Å². The van der Waals surface area contributed by atoms with Crippen LogP contribution in [-0.4, -0.2) is 56.6 Å². The minimum atomic E-state index is -3.80. The Balaban J connectivity index is 1.30. The molecule has 1 aromatic heterocycles. The summed E-state index contributed by atoms with van der Waals surface area (Å²) in [6.45, 7) is 2.48. The molecular formula is C25H28N6O5S. The van der Waals surface area contributed by atoms with Crippen LogP contribution in [-0.2, 0) is 16.6 Å². The van der Waals surface area contributed by atoms with Gasteiger partial charge < -0.3 is 25.8 Å². The van der Waals surface area contributed by atoms with Gasteiger partial charge in [0.25, 0.3) is 5.91 Å². The molecule has 3 heterocycles. The third-order valence-electron chi connectivity index (χ3n) is 6.16. The number of carbonyl (C=O) groups excluding carboxylic acids is 1. The fraction of sp³-hybridized carbons (Fsp3) is 0.320. The number of anilines is 1. The summed E-state index contributed by atoms with van der Waals surface area (Å²) >= 11 is 0. The topological polar surface area (TPSA) is 158 Å². The van der Waals surface area contributed by atoms with Crippen molar-refractivity contribution in [1.82, 2.24) is 25.3 Å². The standard InChI is InChI=1S/C25H28N6O5S/c26-24-23(25(32)30-18-5-2-8-27-14-18)31-20(15-28-24)17-4-1-3-16(11-17)13-29-37(33,34)19-6-7-21-22(12-19)36-10-9-35-21/h1,3-4,6-7,11-12,15,18,27,29H,2,5,8-10,13-14H2,(H2,26,28)(H,30,32). The highest BCUT2D eigenvalue weighted by Crippen LogP contribution is 2.32. The minimum absolute atomic E-state index is 0.0108. The Bertz CT molecular complexity index is 1410. The average molecular weight is 525 g/mol. The van der Waals surface area contributed by atoms with Crippen molar-refractivity contribution in [1.29, 1.82) is 0 Å². The molecule has 1 saturated heterocycles. The van der Waals surface area contributed by atoms with Crippen molar-refractivity contribution in [3.63, 3.8) is 0 Å². The fourth-order valence-electron chi connectivity index (χ4n) is 4.23. The van der Waals surface area contributed by atoms with Crippen molar-refractivity contribution in [2.45, 2.75) is 30.3 Å². The molecule has 1 amide bonds. The Morgan fingerprint density at radius 1 is 1.14 bits per heavy atom. The molecule has 1 unspecified atom stereocenters. The summed E-state index contributed by atoms with van der Waals surface area (Å²) in [5.74, 6) is 0.598. The van der Waals surface area contributed by atoms with Crippen molar-refractivity contribution < 1.29 is 22.7 Å². The lowest BCUT2D eigenvalue weighted by atomic mass is 10.1. The molecular weight excluding hydrogens is 496 g/mol. The fourth-order valence-corrected chi connectivity index (χ4v) is 5.26. The second kappa shape index (κ2) is 10.7. The molecule has 0 radical (unpaired) electrons. The summed E-state index contributed by atoms with van der Waals surface area (Å²) in [6.07, 6.45) is 3.36. The van der Waals surface area contributed by atoms with Crippen molar-refractivity contribution >= 4 is 21.7 Å². The Morgan fingerprint density at radius 2 is 1.97 bits per heavy atom. The van der Waals surface area contributed by atoms with E-state index in [1.807, 2.05) is 6.07 Å². The highest BCUT2D eigenvalue weighted by molar-refractivity contribution is 7.89. The van der Waals surface area contributed by atoms with Gasteiger partial charge in [-0.2, -0.15) is 0 Å². The zero-order valence-electron chi connectivity index (χ0n) is 20.1. The Kier molecular flexibility index (Phi) is 7.22. The number of amides is 1. The van der Waals surface area contributed by atoms with E-state index >= 15 is 0 Å². The van der Waals surface area contributed by atoms with Crippen LogP contribution in [0.4, 0.5) is 5.82 Å². The monoisotopic (exact) mass is 524 g/mol. The first-order chi connectivity index (χ1) is 17.9. The predicted octanol–water partition coefficient (Wildman–Crippen LogP) is 1.46. The van der Waals surface area contributed by atoms with Crippen molar-refractivity contribution in [3.05, 3.63) is 59.9 Å². The molecule has 0 spiro atoms. The lowest BCUT2D eigenvalue weighted by Gasteiger charge is -2.23. The van der Waals surface area contributed by atoms with Crippen LogP contribution in [0.15, 0.2) is 53.6 Å². The summed E-state index contributed by atoms with van der Waals surface area (Å²) in [4.78, 5) is 21.5. The zero-order chi connectivity index (χ0) is 25.8. The van der Waals surface area contributed by atoms with E-state index in [4.69, 9.17) is 15.2 Å². The van der Waals surface area contributed by atoms with Crippen LogP contribution in [0.1, 0.15) is 28.9 Å². The average Bonchev–Trinajstić information content (AvgIpc) is 2.92. The number of hydrogen-bond donors (Lipinski definition) is 4. The molecule has 5 N–H and O–H groups in total. The highest BCUT2D eigenvalue weighted by atomic mass is 32.2. The molecule has 2 aliphatic heterocycles. The molecule has 3 aromatic rings. The third kappa shape index (κ3) is 5.82. The maximum absolute atomic E-state index is 12.9. The van der Waals surface area contributed by atoms with E-state index < -0.39 is 10.0 Å². The van der Waals surface area contributed by atoms with E-state index in [9.17, 15) is 13.2 Å². The number of nitrogens with one attached hydrogen (secondary N) is 3. The predicted molar refractivity (Wildman–Crippen MR) is 137 cm³/mol. The second-order valence-corrected chi connectivity index (χ2v) is 10.6. The number of nitrogens with two attached hydrogens (primary N) is 1. The van der Waals surface area contributed by atoms with Crippen LogP contribution < -0.4 is 30.6 Å². The Morgan fingerprint density at radius 3 is 2.78 bits per heavy atom. The van der Waals surface area contributed by atoms with Gasteiger partial charge in [0, 0.05) is 30.8 Å². The van der Waals surface area contributed by atoms with Crippen LogP contribution >= 0.6 is 0 Å². The quantitative estimate of drug-likeness (QED) is 0.359. The molecule has 11 nitrogen and oxygen atoms in total. The zero-order valence-corrected chi connectivity index (χ0v) is 20.9. The second-order valence-electron chi connectivity index (χ2n) is 8.84. The number of nitrogens with zero attached hydrogens (tertiary/aromatic N) is 2. The first kappa shape index (κ1) is 24.9. The van der Waals surface area contributed by atoms with Crippen LogP contribution in [0.3, 0.4) is 0 Å². The number of piperidine rings is 1. The van der Waals surface area contributed by atoms with Gasteiger partial charge in [0.1, 0.15) is 13.2 Å². The number of fused-ring (bicyclic) bond motifs is 1. The molecule has 2 aliphatic rings. The smallest absolute Gasteiger partial charge is 0.274 e. The lowest BCUT2D eigenvalue weighted by molar-refractivity contribution is 0.0926. The summed E-state index contributed by atoms with van der Waals surface area (Å²) < 4.78 is 39.3. The van der Waals surface area contributed by atoms with Gasteiger partial charge in [0.15, 0.2) is 23.0 Å². The number of aromatic nitrogens is 2. The van der Waals surface area contributed by atoms with Crippen LogP contribution in [0.2, 0.25) is 0 Å². The molecule has 5 rings (SSSR count). The molecule has 1 fully saturated rings. The Hall–Kier alpha value is -3.74. The van der Waals surface area contributed by atoms with Crippen LogP contribution in [0.25, 0.3) is 11.3 Å². The van der Waals surface area contributed by atoms with Gasteiger partial charge in [0.2, 0.25) is 10.0 Å². The summed E-state index contributed by atoms with van der Waals surface area (Å²) in [5, 5.41) is 6.21. The van der Waals surface area contributed by atoms with E-state index in [1.54, 1.807) is 24.3 Å². The number of benzene rings is 2. The number of hydrogen-bond acceptors (Lipinski definition) is 9. The number of sulfonamides is 1. The molecule has 0 bridgehead atoms. The third-order valence-corrected chi connectivity index (χ3v) is 7.56. The number of rotatable bonds is 7. The molecule has 0 aliphatic carbocycles. The first-order valence-electron chi connectivity index (χ1n) is 12.0. The van der Waals surface area contributed by atoms with E-state index in [1.165, 1.54) is 18.3 Å². The molecule has 0 saturated carbocycles. The summed E-state index contributed by atoms with van der Waals surface area (Å²) in [5.41, 5.74) is 7.86. The minimum Gasteiger partial charge on any atom is -0.486 e. The van der Waals surface area contributed by atoms with E-state index in [0.717, 1.165) is 19.4 Å². The largest absolute Gasteiger partial charge is 0.486 e. The molecule has 194 valence electrons. The molecule has 1 atom stereocenters. The maximum Gasteiger partial charge on any atom is 0.274 e. The Labute approximate surface area is 214 Å². The molecule has 12 heteroatoms. The highest BCUT2D eigenvalue weighted by Gasteiger charge is 2.21. The van der Waals surface area contributed by atoms with Crippen molar-refractivity contribution in [2.24, 2.45) is 0 Å². The number of carbonyl (C=O) groups is 1. The summed E-state index contributed by atoms with van der Waals surface area (Å²) in [7, 11) is -3.80. The first-order valence-corrected chi connectivity index (χ1v) is 13.5. The number of nitrogen functional groups attached to an aromatic ring is 1. The molecule has 37 heavy (non-hydrogen) atoms. The van der Waals surface area contributed by atoms with Gasteiger partial charge in [-0.3, -0.25) is 4.79 Å². The van der Waals surface area contributed by atoms with E-state index in [-0.39, 0.29) is 34.9 Å². The van der Waals surface area contributed by atoms with Gasteiger partial charge in [-0.15, -0.1) is 0 Å². The maximum atomic E-state index is 12.9. The van der Waals surface area contributed by atoms with Gasteiger partial charge >= 0.3 is 0 Å². The molecule has 2 aromatic carbocycles. The SMILES string of the molecule is Nc1ncc(-c2cccc(CNS(=O)(=O)c3ccc4c(c3)OCCO4)c2)nc1C(=O)NC1CCCNC1. The van der Waals surface area contributed by atoms with Gasteiger partial charge in [-0.1, -0.05) is 18.2 Å². The van der Waals surface area contributed by atoms with Gasteiger partial charge in [-0.05, 0) is 43.1 Å². The number of ether oxygens (including phenoxy) is 2.